The van der Waals surface area contributed by atoms with Gasteiger partial charge in [-0.1, -0.05) is 48.5 Å². The molecule has 0 aliphatic carbocycles. The highest BCUT2D eigenvalue weighted by Gasteiger charge is 2.38. The molecule has 20 heavy (non-hydrogen) atoms. The number of rotatable bonds is 6. The summed E-state index contributed by atoms with van der Waals surface area (Å²) in [7, 11) is 6.50. The lowest BCUT2D eigenvalue weighted by molar-refractivity contribution is 0.365. The van der Waals surface area contributed by atoms with E-state index in [2.05, 4.69) is 68.4 Å². The largest absolute Gasteiger partial charge is 0.685 e. The van der Waals surface area contributed by atoms with Crippen LogP contribution >= 0.6 is 10.0 Å². The van der Waals surface area contributed by atoms with Gasteiger partial charge in [0.15, 0.2) is 0 Å². The number of nitrogens with zero attached hydrogens (tertiary/aromatic N) is 1. The highest BCUT2D eigenvalue weighted by atomic mass is 35.6. The fourth-order valence-corrected chi connectivity index (χ4v) is 2.67. The van der Waals surface area contributed by atoms with E-state index in [4.69, 9.17) is 18.8 Å². The van der Waals surface area contributed by atoms with E-state index in [1.165, 1.54) is 0 Å². The minimum atomic E-state index is -1.78. The van der Waals surface area contributed by atoms with Crippen LogP contribution in [0, 0.1) is 11.8 Å². The minimum Gasteiger partial charge on any atom is -0.634 e. The highest BCUT2D eigenvalue weighted by Crippen LogP contribution is 2.32. The normalized spacial score (nSPS) is 14.4. The van der Waals surface area contributed by atoms with Crippen molar-refractivity contribution in [3.8, 4) is 0 Å². The fraction of sp³-hybridized carbons (Fsp3) is 0.812. The zero-order chi connectivity index (χ0) is 16.1. The van der Waals surface area contributed by atoms with Crippen molar-refractivity contribution >= 4 is 29.3 Å². The summed E-state index contributed by atoms with van der Waals surface area (Å²) in [5.41, 5.74) is 1.09. The summed E-state index contributed by atoms with van der Waals surface area (Å²) < 4.78 is 6.17. The Labute approximate surface area is 134 Å². The van der Waals surface area contributed by atoms with Crippen LogP contribution in [-0.2, 0) is 3.79 Å². The van der Waals surface area contributed by atoms with E-state index in [1.807, 2.05) is 0 Å². The Bertz CT molecular complexity index is 354. The molecular formula is C16H31AlClNO. The molecule has 0 heterocycles. The van der Waals surface area contributed by atoms with Crippen LogP contribution in [0.2, 0.25) is 4.28 Å². The second kappa shape index (κ2) is 8.47. The third-order valence-corrected chi connectivity index (χ3v) is 6.85. The molecule has 0 amide bonds. The Balaban J connectivity index is 5.30. The monoisotopic (exact) mass is 315 g/mol. The molecule has 0 spiro atoms. The summed E-state index contributed by atoms with van der Waals surface area (Å²) in [6, 6.07) is 0.295. The van der Waals surface area contributed by atoms with Crippen LogP contribution in [0.25, 0.3) is 0 Å². The lowest BCUT2D eigenvalue weighted by Crippen LogP contribution is -2.25. The number of halogens is 1. The fourth-order valence-electron chi connectivity index (χ4n) is 1.43. The Hall–Kier alpha value is 0.0325. The Morgan fingerprint density at radius 1 is 1.05 bits per heavy atom. The summed E-state index contributed by atoms with van der Waals surface area (Å²) in [5, 5.41) is 0. The van der Waals surface area contributed by atoms with Gasteiger partial charge in [0, 0.05) is 17.7 Å². The molecule has 4 heteroatoms. The average Bonchev–Trinajstić information content (AvgIpc) is 2.24. The molecule has 0 aromatic rings. The molecule has 0 bridgehead atoms. The van der Waals surface area contributed by atoms with E-state index in [0.29, 0.717) is 17.9 Å². The Morgan fingerprint density at radius 2 is 1.55 bits per heavy atom. The smallest absolute Gasteiger partial charge is 0.634 e. The quantitative estimate of drug-likeness (QED) is 0.356. The van der Waals surface area contributed by atoms with Gasteiger partial charge in [0.1, 0.15) is 0 Å². The van der Waals surface area contributed by atoms with Crippen molar-refractivity contribution in [2.45, 2.75) is 72.6 Å². The Kier molecular flexibility index (Phi) is 8.48. The number of aliphatic imine (C=N–C) groups is 1. The van der Waals surface area contributed by atoms with Gasteiger partial charge in [0.2, 0.25) is 0 Å². The molecule has 0 saturated heterocycles. The first-order valence-electron chi connectivity index (χ1n) is 7.55. The molecular weight excluding hydrogens is 285 g/mol. The predicted molar refractivity (Wildman–Crippen MR) is 92.7 cm³/mol. The zero-order valence-electron chi connectivity index (χ0n) is 14.6. The first kappa shape index (κ1) is 20.0. The van der Waals surface area contributed by atoms with Gasteiger partial charge in [-0.15, -0.1) is 0 Å². The summed E-state index contributed by atoms with van der Waals surface area (Å²) in [6.45, 7) is 19.2. The van der Waals surface area contributed by atoms with Gasteiger partial charge in [0.25, 0.3) is 0 Å². The molecule has 0 aromatic carbocycles. The molecule has 0 atom stereocenters. The first-order valence-corrected chi connectivity index (χ1v) is 10.3. The second-order valence-corrected chi connectivity index (χ2v) is 11.1. The zero-order valence-corrected chi connectivity index (χ0v) is 16.5. The molecule has 0 radical (unpaired) electrons. The maximum absolute atomic E-state index is 6.50. The van der Waals surface area contributed by atoms with E-state index in [0.717, 1.165) is 11.5 Å². The maximum atomic E-state index is 6.50. The van der Waals surface area contributed by atoms with E-state index in [9.17, 15) is 0 Å². The van der Waals surface area contributed by atoms with Gasteiger partial charge >= 0.3 is 13.6 Å². The highest BCUT2D eigenvalue weighted by molar-refractivity contribution is 7.04. The molecule has 0 aromatic heterocycles. The second-order valence-electron chi connectivity index (χ2n) is 7.30. The lowest BCUT2D eigenvalue weighted by atomic mass is 10.0. The third kappa shape index (κ3) is 7.72. The van der Waals surface area contributed by atoms with Gasteiger partial charge < -0.3 is 3.79 Å². The van der Waals surface area contributed by atoms with Crippen LogP contribution in [0.4, 0.5) is 0 Å². The molecule has 0 saturated carbocycles. The molecule has 0 unspecified atom stereocenters. The van der Waals surface area contributed by atoms with Gasteiger partial charge in [-0.25, -0.2) is 10.0 Å². The molecule has 2 nitrogen and oxygen atoms in total. The molecule has 0 fully saturated rings. The van der Waals surface area contributed by atoms with Crippen molar-refractivity contribution in [3.05, 3.63) is 11.8 Å². The molecule has 0 aliphatic heterocycles. The summed E-state index contributed by atoms with van der Waals surface area (Å²) in [6.07, 6.45) is 2.10. The maximum Gasteiger partial charge on any atom is 0.685 e. The summed E-state index contributed by atoms with van der Waals surface area (Å²) >= 11 is -1.78. The Morgan fingerprint density at radius 3 is 1.85 bits per heavy atom. The van der Waals surface area contributed by atoms with E-state index < -0.39 is 13.6 Å². The SMILES string of the molecule is CC(C)N=C(/C=C(\[O][Al]([Cl])[C](C)(C)C)C(C)C)C(C)C. The average molecular weight is 316 g/mol. The number of allylic oxidation sites excluding steroid dienone is 2. The summed E-state index contributed by atoms with van der Waals surface area (Å²) in [5.74, 6) is 1.68. The first-order chi connectivity index (χ1) is 8.95. The van der Waals surface area contributed by atoms with Crippen molar-refractivity contribution in [1.29, 1.82) is 0 Å². The topological polar surface area (TPSA) is 21.6 Å². The van der Waals surface area contributed by atoms with E-state index in [1.54, 1.807) is 0 Å². The van der Waals surface area contributed by atoms with Crippen molar-refractivity contribution in [1.82, 2.24) is 0 Å². The number of hydrogen-bond acceptors (Lipinski definition) is 2. The van der Waals surface area contributed by atoms with Gasteiger partial charge in [-0.05, 0) is 30.1 Å². The van der Waals surface area contributed by atoms with Crippen LogP contribution in [0.3, 0.4) is 0 Å². The van der Waals surface area contributed by atoms with Gasteiger partial charge in [-0.2, -0.15) is 0 Å². The molecule has 116 valence electrons. The van der Waals surface area contributed by atoms with E-state index in [-0.39, 0.29) is 4.28 Å². The minimum absolute atomic E-state index is 0.0444. The van der Waals surface area contributed by atoms with Crippen LogP contribution in [-0.4, -0.2) is 25.3 Å². The van der Waals surface area contributed by atoms with Crippen molar-refractivity contribution in [2.75, 3.05) is 0 Å². The van der Waals surface area contributed by atoms with Gasteiger partial charge in [0.05, 0.1) is 5.76 Å². The lowest BCUT2D eigenvalue weighted by Gasteiger charge is -2.25. The number of hydrogen-bond donors (Lipinski definition) is 0. The van der Waals surface area contributed by atoms with Crippen LogP contribution in [0.15, 0.2) is 16.8 Å². The van der Waals surface area contributed by atoms with E-state index >= 15 is 0 Å². The molecule has 0 N–H and O–H groups in total. The van der Waals surface area contributed by atoms with Gasteiger partial charge in [-0.3, -0.25) is 4.99 Å². The van der Waals surface area contributed by atoms with Crippen LogP contribution in [0.1, 0.15) is 62.3 Å². The molecule has 0 aliphatic rings. The predicted octanol–water partition coefficient (Wildman–Crippen LogP) is 5.58. The third-order valence-electron chi connectivity index (χ3n) is 2.78. The standard InChI is InChI=1S/C12H23NO.C4H9.Al.ClH/c1-8(2)11(13-10(5)6)7-12(14)9(3)4;1-4(2)3;;/h7-10,14H,1-6H3;1-3H3;;1H/q;;+2;/p-2/b12-7-,13-11?;;;. The van der Waals surface area contributed by atoms with Crippen LogP contribution in [0.5, 0.6) is 0 Å². The van der Waals surface area contributed by atoms with Crippen molar-refractivity contribution in [3.63, 3.8) is 0 Å². The molecule has 0 rings (SSSR count). The van der Waals surface area contributed by atoms with Crippen LogP contribution < -0.4 is 0 Å². The summed E-state index contributed by atoms with van der Waals surface area (Å²) in [4.78, 5) is 4.70. The van der Waals surface area contributed by atoms with Crippen molar-refractivity contribution in [2.24, 2.45) is 16.8 Å². The van der Waals surface area contributed by atoms with Crippen molar-refractivity contribution < 1.29 is 3.79 Å².